The Bertz CT molecular complexity index is 269. The van der Waals surface area contributed by atoms with Gasteiger partial charge in [-0.25, -0.2) is 0 Å². The summed E-state index contributed by atoms with van der Waals surface area (Å²) in [6.07, 6.45) is 1.04. The van der Waals surface area contributed by atoms with Crippen LogP contribution in [0.1, 0.15) is 18.1 Å². The summed E-state index contributed by atoms with van der Waals surface area (Å²) >= 11 is 9.39. The molecule has 0 radical (unpaired) electrons. The van der Waals surface area contributed by atoms with Crippen molar-refractivity contribution in [3.63, 3.8) is 0 Å². The Morgan fingerprint density at radius 1 is 1.45 bits per heavy atom. The zero-order valence-electron chi connectivity index (χ0n) is 6.62. The molecule has 0 aliphatic heterocycles. The molecule has 1 rings (SSSR count). The maximum Gasteiger partial charge on any atom is 0.0579 e. The zero-order chi connectivity index (χ0) is 8.43. The van der Waals surface area contributed by atoms with Gasteiger partial charge < -0.3 is 0 Å². The SMILES string of the molecule is CCc1ccc(Br)c(Cl)c1C. The van der Waals surface area contributed by atoms with E-state index in [0.29, 0.717) is 0 Å². The predicted molar refractivity (Wildman–Crippen MR) is 53.3 cm³/mol. The van der Waals surface area contributed by atoms with Gasteiger partial charge in [-0.2, -0.15) is 0 Å². The quantitative estimate of drug-likeness (QED) is 0.688. The number of rotatable bonds is 1. The Balaban J connectivity index is 3.25. The number of aryl methyl sites for hydroxylation is 1. The molecule has 0 aliphatic carbocycles. The van der Waals surface area contributed by atoms with Gasteiger partial charge in [0.2, 0.25) is 0 Å². The van der Waals surface area contributed by atoms with E-state index < -0.39 is 0 Å². The molecule has 0 heterocycles. The van der Waals surface area contributed by atoms with E-state index in [-0.39, 0.29) is 0 Å². The smallest absolute Gasteiger partial charge is 0.0579 e. The second-order valence-corrected chi connectivity index (χ2v) is 3.73. The van der Waals surface area contributed by atoms with E-state index in [1.807, 2.05) is 13.0 Å². The van der Waals surface area contributed by atoms with Crippen molar-refractivity contribution in [2.45, 2.75) is 20.3 Å². The average molecular weight is 234 g/mol. The minimum absolute atomic E-state index is 0.837. The largest absolute Gasteiger partial charge is 0.0828 e. The molecule has 2 heteroatoms. The molecule has 0 aliphatic rings. The predicted octanol–water partition coefficient (Wildman–Crippen LogP) is 3.97. The van der Waals surface area contributed by atoms with Crippen LogP contribution < -0.4 is 0 Å². The minimum Gasteiger partial charge on any atom is -0.0828 e. The first-order valence-corrected chi connectivity index (χ1v) is 4.77. The van der Waals surface area contributed by atoms with Gasteiger partial charge in [-0.15, -0.1) is 0 Å². The van der Waals surface area contributed by atoms with Crippen molar-refractivity contribution in [1.82, 2.24) is 0 Å². The molecule has 0 saturated heterocycles. The van der Waals surface area contributed by atoms with Gasteiger partial charge >= 0.3 is 0 Å². The lowest BCUT2D eigenvalue weighted by Crippen LogP contribution is -1.87. The fourth-order valence-electron chi connectivity index (χ4n) is 1.08. The van der Waals surface area contributed by atoms with Crippen LogP contribution in [0, 0.1) is 6.92 Å². The Labute approximate surface area is 80.7 Å². The monoisotopic (exact) mass is 232 g/mol. The molecule has 0 spiro atoms. The van der Waals surface area contributed by atoms with Crippen molar-refractivity contribution in [1.29, 1.82) is 0 Å². The lowest BCUT2D eigenvalue weighted by atomic mass is 10.1. The lowest BCUT2D eigenvalue weighted by Gasteiger charge is -2.05. The first-order chi connectivity index (χ1) is 5.16. The Morgan fingerprint density at radius 2 is 2.09 bits per heavy atom. The standard InChI is InChI=1S/C9H10BrCl/c1-3-7-4-5-8(10)9(11)6(7)2/h4-5H,3H2,1-2H3. The van der Waals surface area contributed by atoms with Gasteiger partial charge in [-0.1, -0.05) is 24.6 Å². The summed E-state index contributed by atoms with van der Waals surface area (Å²) in [5, 5.41) is 0.837. The third kappa shape index (κ3) is 1.77. The zero-order valence-corrected chi connectivity index (χ0v) is 8.96. The van der Waals surface area contributed by atoms with Crippen molar-refractivity contribution in [3.05, 3.63) is 32.8 Å². The molecule has 0 bridgehead atoms. The van der Waals surface area contributed by atoms with Gasteiger partial charge in [0.05, 0.1) is 5.02 Å². The van der Waals surface area contributed by atoms with E-state index in [0.717, 1.165) is 15.9 Å². The molecule has 0 amide bonds. The van der Waals surface area contributed by atoms with Crippen LogP contribution >= 0.6 is 27.5 Å². The van der Waals surface area contributed by atoms with Crippen molar-refractivity contribution >= 4 is 27.5 Å². The van der Waals surface area contributed by atoms with E-state index in [2.05, 4.69) is 28.9 Å². The number of halogens is 2. The molecule has 0 unspecified atom stereocenters. The first-order valence-electron chi connectivity index (χ1n) is 3.60. The first kappa shape index (κ1) is 9.08. The van der Waals surface area contributed by atoms with E-state index in [1.165, 1.54) is 11.1 Å². The van der Waals surface area contributed by atoms with Gasteiger partial charge in [-0.3, -0.25) is 0 Å². The highest BCUT2D eigenvalue weighted by Gasteiger charge is 2.03. The van der Waals surface area contributed by atoms with Crippen LogP contribution in [-0.4, -0.2) is 0 Å². The fraction of sp³-hybridized carbons (Fsp3) is 0.333. The summed E-state index contributed by atoms with van der Waals surface area (Å²) in [6.45, 7) is 4.18. The third-order valence-electron chi connectivity index (χ3n) is 1.83. The molecule has 1 aromatic rings. The Morgan fingerprint density at radius 3 is 2.64 bits per heavy atom. The van der Waals surface area contributed by atoms with Crippen molar-refractivity contribution < 1.29 is 0 Å². The Hall–Kier alpha value is -0.0100. The highest BCUT2D eigenvalue weighted by Crippen LogP contribution is 2.28. The molecule has 1 aromatic carbocycles. The molecule has 11 heavy (non-hydrogen) atoms. The molecule has 60 valence electrons. The number of hydrogen-bond acceptors (Lipinski definition) is 0. The number of benzene rings is 1. The van der Waals surface area contributed by atoms with Crippen LogP contribution in [0.25, 0.3) is 0 Å². The van der Waals surface area contributed by atoms with Crippen LogP contribution in [-0.2, 0) is 6.42 Å². The van der Waals surface area contributed by atoms with Crippen LogP contribution in [0.5, 0.6) is 0 Å². The lowest BCUT2D eigenvalue weighted by molar-refractivity contribution is 1.11. The second-order valence-electron chi connectivity index (χ2n) is 2.50. The molecule has 0 saturated carbocycles. The molecule has 0 nitrogen and oxygen atoms in total. The molecule has 0 N–H and O–H groups in total. The van der Waals surface area contributed by atoms with E-state index in [1.54, 1.807) is 0 Å². The van der Waals surface area contributed by atoms with Crippen LogP contribution in [0.3, 0.4) is 0 Å². The summed E-state index contributed by atoms with van der Waals surface area (Å²) < 4.78 is 0.980. The molecule has 0 fully saturated rings. The molecule has 0 aromatic heterocycles. The fourth-order valence-corrected chi connectivity index (χ4v) is 1.69. The highest BCUT2D eigenvalue weighted by molar-refractivity contribution is 9.10. The summed E-state index contributed by atoms with van der Waals surface area (Å²) in [7, 11) is 0. The van der Waals surface area contributed by atoms with Gasteiger partial charge in [0, 0.05) is 4.47 Å². The molecular weight excluding hydrogens is 223 g/mol. The van der Waals surface area contributed by atoms with E-state index in [4.69, 9.17) is 11.6 Å². The maximum absolute atomic E-state index is 6.01. The summed E-state index contributed by atoms with van der Waals surface area (Å²) in [4.78, 5) is 0. The van der Waals surface area contributed by atoms with Crippen molar-refractivity contribution in [3.8, 4) is 0 Å². The van der Waals surface area contributed by atoms with Crippen LogP contribution in [0.4, 0.5) is 0 Å². The number of hydrogen-bond donors (Lipinski definition) is 0. The van der Waals surface area contributed by atoms with Crippen molar-refractivity contribution in [2.24, 2.45) is 0 Å². The summed E-state index contributed by atoms with van der Waals surface area (Å²) in [6, 6.07) is 4.10. The normalized spacial score (nSPS) is 10.2. The second kappa shape index (κ2) is 3.59. The van der Waals surface area contributed by atoms with Gasteiger partial charge in [-0.05, 0) is 46.5 Å². The summed E-state index contributed by atoms with van der Waals surface area (Å²) in [5.41, 5.74) is 2.50. The average Bonchev–Trinajstić information content (AvgIpc) is 2.01. The van der Waals surface area contributed by atoms with Crippen LogP contribution in [0.2, 0.25) is 5.02 Å². The maximum atomic E-state index is 6.01. The van der Waals surface area contributed by atoms with Crippen LogP contribution in [0.15, 0.2) is 16.6 Å². The highest BCUT2D eigenvalue weighted by atomic mass is 79.9. The topological polar surface area (TPSA) is 0 Å². The summed E-state index contributed by atoms with van der Waals surface area (Å²) in [5.74, 6) is 0. The van der Waals surface area contributed by atoms with Gasteiger partial charge in [0.1, 0.15) is 0 Å². The van der Waals surface area contributed by atoms with E-state index >= 15 is 0 Å². The molecule has 0 atom stereocenters. The molecular formula is C9H10BrCl. The van der Waals surface area contributed by atoms with E-state index in [9.17, 15) is 0 Å². The van der Waals surface area contributed by atoms with Gasteiger partial charge in [0.25, 0.3) is 0 Å². The minimum atomic E-state index is 0.837. The third-order valence-corrected chi connectivity index (χ3v) is 3.21. The van der Waals surface area contributed by atoms with Crippen molar-refractivity contribution in [2.75, 3.05) is 0 Å². The van der Waals surface area contributed by atoms with Gasteiger partial charge in [0.15, 0.2) is 0 Å². The Kier molecular flexibility index (Phi) is 2.97.